The van der Waals surface area contributed by atoms with E-state index < -0.39 is 45.0 Å². The van der Waals surface area contributed by atoms with Crippen molar-refractivity contribution in [2.45, 2.75) is 6.42 Å². The van der Waals surface area contributed by atoms with Crippen LogP contribution in [0.25, 0.3) is 0 Å². The Kier molecular flexibility index (Phi) is 4.37. The van der Waals surface area contributed by atoms with Crippen LogP contribution in [0.4, 0.5) is 8.78 Å². The van der Waals surface area contributed by atoms with Crippen LogP contribution >= 0.6 is 15.9 Å². The first-order chi connectivity index (χ1) is 7.70. The van der Waals surface area contributed by atoms with E-state index in [1.807, 2.05) is 0 Å². The molecular weight excluding hydrogens is 318 g/mol. The summed E-state index contributed by atoms with van der Waals surface area (Å²) in [6.07, 6.45) is 0.517. The van der Waals surface area contributed by atoms with Gasteiger partial charge in [0.25, 0.3) is 0 Å². The van der Waals surface area contributed by atoms with Gasteiger partial charge in [-0.2, -0.15) is 0 Å². The minimum atomic E-state index is -3.34. The molecule has 7 heteroatoms. The van der Waals surface area contributed by atoms with Crippen molar-refractivity contribution in [3.8, 4) is 0 Å². The molecule has 0 unspecified atom stereocenters. The van der Waals surface area contributed by atoms with Gasteiger partial charge in [0.05, 0.1) is 11.3 Å². The molecule has 0 N–H and O–H groups in total. The van der Waals surface area contributed by atoms with E-state index in [1.165, 1.54) is 0 Å². The largest absolute Gasteiger partial charge is 0.294 e. The highest BCUT2D eigenvalue weighted by Crippen LogP contribution is 2.20. The molecule has 1 rings (SSSR count). The van der Waals surface area contributed by atoms with E-state index in [-0.39, 0.29) is 4.47 Å². The number of ketones is 1. The average molecular weight is 327 g/mol. The van der Waals surface area contributed by atoms with Gasteiger partial charge in [0.2, 0.25) is 0 Å². The summed E-state index contributed by atoms with van der Waals surface area (Å²) >= 11 is 2.88. The van der Waals surface area contributed by atoms with Crippen molar-refractivity contribution < 1.29 is 22.0 Å². The number of hydrogen-bond acceptors (Lipinski definition) is 3. The van der Waals surface area contributed by atoms with Crippen LogP contribution in [0.15, 0.2) is 16.6 Å². The van der Waals surface area contributed by atoms with E-state index in [2.05, 4.69) is 15.9 Å². The summed E-state index contributed by atoms with van der Waals surface area (Å²) < 4.78 is 48.5. The fraction of sp³-hybridized carbons (Fsp3) is 0.300. The maximum atomic E-state index is 13.3. The van der Waals surface area contributed by atoms with Crippen LogP contribution in [0.2, 0.25) is 0 Å². The Hall–Kier alpha value is -0.820. The zero-order valence-corrected chi connectivity index (χ0v) is 11.2. The Labute approximate surface area is 106 Å². The lowest BCUT2D eigenvalue weighted by molar-refractivity contribution is 0.0980. The van der Waals surface area contributed by atoms with E-state index in [4.69, 9.17) is 0 Å². The predicted molar refractivity (Wildman–Crippen MR) is 62.7 cm³/mol. The highest BCUT2D eigenvalue weighted by Gasteiger charge is 2.19. The lowest BCUT2D eigenvalue weighted by Crippen LogP contribution is -2.12. The first-order valence-corrected chi connectivity index (χ1v) is 7.41. The van der Waals surface area contributed by atoms with Crippen LogP contribution in [0, 0.1) is 11.6 Å². The molecule has 3 nitrogen and oxygen atoms in total. The number of carbonyl (C=O) groups excluding carboxylic acids is 1. The van der Waals surface area contributed by atoms with Gasteiger partial charge in [-0.25, -0.2) is 17.2 Å². The molecule has 0 aromatic heterocycles. The number of Topliss-reactive ketones (excluding diaryl/α,β-unsaturated/α-hetero) is 1. The molecule has 0 atom stereocenters. The smallest absolute Gasteiger partial charge is 0.169 e. The van der Waals surface area contributed by atoms with Gasteiger partial charge in [0, 0.05) is 17.1 Å². The van der Waals surface area contributed by atoms with Gasteiger partial charge in [-0.15, -0.1) is 0 Å². The fourth-order valence-electron chi connectivity index (χ4n) is 1.21. The SMILES string of the molecule is CS(=O)(=O)CCC(=O)c1c(F)cc(Br)cc1F. The van der Waals surface area contributed by atoms with Crippen molar-refractivity contribution in [1.82, 2.24) is 0 Å². The van der Waals surface area contributed by atoms with Crippen molar-refractivity contribution in [2.24, 2.45) is 0 Å². The first-order valence-electron chi connectivity index (χ1n) is 4.56. The molecule has 0 saturated heterocycles. The number of halogens is 3. The standard InChI is InChI=1S/C10H9BrF2O3S/c1-17(15,16)3-2-9(14)10-7(12)4-6(11)5-8(10)13/h4-5H,2-3H2,1H3. The summed E-state index contributed by atoms with van der Waals surface area (Å²) in [6.45, 7) is 0. The highest BCUT2D eigenvalue weighted by molar-refractivity contribution is 9.10. The van der Waals surface area contributed by atoms with E-state index >= 15 is 0 Å². The summed E-state index contributed by atoms with van der Waals surface area (Å²) in [5.41, 5.74) is -0.697. The van der Waals surface area contributed by atoms with Crippen LogP contribution in [0.1, 0.15) is 16.8 Å². The van der Waals surface area contributed by atoms with E-state index in [1.54, 1.807) is 0 Å². The first kappa shape index (κ1) is 14.2. The molecule has 0 amide bonds. The minimum Gasteiger partial charge on any atom is -0.294 e. The van der Waals surface area contributed by atoms with Gasteiger partial charge in [-0.05, 0) is 12.1 Å². The van der Waals surface area contributed by atoms with Gasteiger partial charge in [0.1, 0.15) is 21.5 Å². The molecule has 94 valence electrons. The molecule has 0 aliphatic rings. The van der Waals surface area contributed by atoms with Crippen molar-refractivity contribution in [1.29, 1.82) is 0 Å². The zero-order chi connectivity index (χ0) is 13.2. The number of benzene rings is 1. The Morgan fingerprint density at radius 2 is 1.76 bits per heavy atom. The number of sulfone groups is 1. The van der Waals surface area contributed by atoms with Crippen LogP contribution in [-0.2, 0) is 9.84 Å². The van der Waals surface area contributed by atoms with Crippen molar-refractivity contribution in [2.75, 3.05) is 12.0 Å². The molecule has 0 saturated carbocycles. The fourth-order valence-corrected chi connectivity index (χ4v) is 2.17. The number of rotatable bonds is 4. The van der Waals surface area contributed by atoms with Crippen LogP contribution < -0.4 is 0 Å². The second-order valence-corrected chi connectivity index (χ2v) is 6.72. The summed E-state index contributed by atoms with van der Waals surface area (Å²) in [5.74, 6) is -3.30. The maximum Gasteiger partial charge on any atom is 0.169 e. The third-order valence-corrected chi connectivity index (χ3v) is 3.39. The molecule has 17 heavy (non-hydrogen) atoms. The van der Waals surface area contributed by atoms with Gasteiger partial charge in [-0.3, -0.25) is 4.79 Å². The van der Waals surface area contributed by atoms with Gasteiger partial charge >= 0.3 is 0 Å². The third-order valence-electron chi connectivity index (χ3n) is 1.99. The Morgan fingerprint density at radius 3 is 2.18 bits per heavy atom. The highest BCUT2D eigenvalue weighted by atomic mass is 79.9. The number of hydrogen-bond donors (Lipinski definition) is 0. The second-order valence-electron chi connectivity index (χ2n) is 3.55. The van der Waals surface area contributed by atoms with Gasteiger partial charge in [0.15, 0.2) is 5.78 Å². The molecular formula is C10H9BrF2O3S. The molecule has 0 fully saturated rings. The molecule has 0 spiro atoms. The maximum absolute atomic E-state index is 13.3. The lowest BCUT2D eigenvalue weighted by Gasteiger charge is -2.04. The monoisotopic (exact) mass is 326 g/mol. The van der Waals surface area contributed by atoms with Crippen molar-refractivity contribution >= 4 is 31.6 Å². The van der Waals surface area contributed by atoms with Gasteiger partial charge in [-0.1, -0.05) is 15.9 Å². The molecule has 1 aromatic rings. The molecule has 0 radical (unpaired) electrons. The summed E-state index contributed by atoms with van der Waals surface area (Å²) in [7, 11) is -3.34. The summed E-state index contributed by atoms with van der Waals surface area (Å²) in [4.78, 5) is 11.5. The Morgan fingerprint density at radius 1 is 1.29 bits per heavy atom. The summed E-state index contributed by atoms with van der Waals surface area (Å²) in [6, 6.07) is 1.91. The summed E-state index contributed by atoms with van der Waals surface area (Å²) in [5, 5.41) is 0. The predicted octanol–water partition coefficient (Wildman–Crippen LogP) is 2.34. The Bertz CT molecular complexity index is 532. The van der Waals surface area contributed by atoms with E-state index in [9.17, 15) is 22.0 Å². The molecule has 0 aliphatic heterocycles. The van der Waals surface area contributed by atoms with Crippen LogP contribution in [0.5, 0.6) is 0 Å². The van der Waals surface area contributed by atoms with Crippen LogP contribution in [0.3, 0.4) is 0 Å². The lowest BCUT2D eigenvalue weighted by atomic mass is 10.1. The third kappa shape index (κ3) is 4.16. The van der Waals surface area contributed by atoms with Crippen molar-refractivity contribution in [3.63, 3.8) is 0 Å². The second kappa shape index (κ2) is 5.22. The van der Waals surface area contributed by atoms with Crippen LogP contribution in [-0.4, -0.2) is 26.2 Å². The Balaban J connectivity index is 2.98. The molecule has 0 heterocycles. The topological polar surface area (TPSA) is 51.2 Å². The molecule has 0 bridgehead atoms. The van der Waals surface area contributed by atoms with E-state index in [0.717, 1.165) is 18.4 Å². The number of carbonyl (C=O) groups is 1. The van der Waals surface area contributed by atoms with E-state index in [0.29, 0.717) is 0 Å². The minimum absolute atomic E-state index is 0.173. The van der Waals surface area contributed by atoms with Crippen molar-refractivity contribution in [3.05, 3.63) is 33.8 Å². The van der Waals surface area contributed by atoms with Gasteiger partial charge < -0.3 is 0 Å². The zero-order valence-electron chi connectivity index (χ0n) is 8.84. The average Bonchev–Trinajstić information content (AvgIpc) is 2.11. The molecule has 1 aromatic carbocycles. The quantitative estimate of drug-likeness (QED) is 0.798. The molecule has 0 aliphatic carbocycles. The normalized spacial score (nSPS) is 11.5.